The van der Waals surface area contributed by atoms with Crippen molar-refractivity contribution in [2.45, 2.75) is 108 Å². The zero-order chi connectivity index (χ0) is 53.1. The molecule has 6 N–H and O–H groups in total. The number of phenols is 3. The van der Waals surface area contributed by atoms with E-state index in [4.69, 9.17) is 21.1 Å². The summed E-state index contributed by atoms with van der Waals surface area (Å²) in [5, 5.41) is 43.4. The van der Waals surface area contributed by atoms with Gasteiger partial charge in [-0.1, -0.05) is 80.2 Å². The Morgan fingerprint density at radius 2 is 1.11 bits per heavy atom. The van der Waals surface area contributed by atoms with E-state index in [1.54, 1.807) is 48.7 Å². The molecule has 0 amide bonds. The quantitative estimate of drug-likeness (QED) is 0.0531. The zero-order valence-electron chi connectivity index (χ0n) is 41.8. The van der Waals surface area contributed by atoms with Crippen molar-refractivity contribution in [2.75, 3.05) is 5.73 Å². The number of nitrogen functional groups attached to an aromatic ring is 1. The predicted molar refractivity (Wildman–Crippen MR) is 309 cm³/mol. The molecular weight excluding hydrogens is 1050 g/mol. The molecule has 0 spiro atoms. The summed E-state index contributed by atoms with van der Waals surface area (Å²) >= 11 is 10.2. The van der Waals surface area contributed by atoms with Crippen molar-refractivity contribution in [1.29, 1.82) is 5.26 Å². The second-order valence-corrected chi connectivity index (χ2v) is 16.6. The van der Waals surface area contributed by atoms with Gasteiger partial charge in [0.1, 0.15) is 28.8 Å². The fourth-order valence-electron chi connectivity index (χ4n) is 6.45. The van der Waals surface area contributed by atoms with E-state index in [0.29, 0.717) is 19.3 Å². The summed E-state index contributed by atoms with van der Waals surface area (Å²) in [6.07, 6.45) is 14.3. The van der Waals surface area contributed by atoms with E-state index < -0.39 is 0 Å². The van der Waals surface area contributed by atoms with Crippen molar-refractivity contribution in [3.8, 4) is 51.3 Å². The van der Waals surface area contributed by atoms with Gasteiger partial charge in [0.2, 0.25) is 0 Å². The Bertz CT molecular complexity index is 2630. The number of aryl methyl sites for hydroxylation is 5. The molecule has 17 heteroatoms. The molecule has 12 nitrogen and oxygen atoms in total. The first kappa shape index (κ1) is 65.9. The van der Waals surface area contributed by atoms with Gasteiger partial charge in [0, 0.05) is 63.2 Å². The number of hydrogen-bond acceptors (Lipinski definition) is 13. The first-order valence-electron chi connectivity index (χ1n) is 23.0. The number of nitrogens with two attached hydrogens (primary N) is 1. The summed E-state index contributed by atoms with van der Waals surface area (Å²) in [7, 11) is 4.93. The number of nitriles is 1. The molecule has 0 fully saturated rings. The van der Waals surface area contributed by atoms with Gasteiger partial charge in [0.05, 0.1) is 11.8 Å². The summed E-state index contributed by atoms with van der Waals surface area (Å²) in [6.45, 7) is 16.3. The number of anilines is 1. The molecule has 72 heavy (non-hydrogen) atoms. The molecule has 0 saturated carbocycles. The van der Waals surface area contributed by atoms with Crippen LogP contribution in [-0.4, -0.2) is 55.6 Å². The Morgan fingerprint density at radius 3 is 1.54 bits per heavy atom. The summed E-state index contributed by atoms with van der Waals surface area (Å²) in [4.78, 5) is 17.1. The van der Waals surface area contributed by atoms with Gasteiger partial charge in [0.15, 0.2) is 0 Å². The van der Waals surface area contributed by atoms with Crippen LogP contribution in [0.2, 0.25) is 0 Å². The van der Waals surface area contributed by atoms with Gasteiger partial charge < -0.3 is 30.7 Å². The van der Waals surface area contributed by atoms with E-state index in [9.17, 15) is 10.2 Å². The van der Waals surface area contributed by atoms with E-state index >= 15 is 0 Å². The van der Waals surface area contributed by atoms with Crippen LogP contribution in [0.4, 0.5) is 5.82 Å². The second kappa shape index (κ2) is 38.6. The summed E-state index contributed by atoms with van der Waals surface area (Å²) in [6, 6.07) is 30.4. The number of phenolic OH excluding ortho intramolecular Hbond substituents is 3. The molecule has 0 aliphatic rings. The van der Waals surface area contributed by atoms with Crippen molar-refractivity contribution < 1.29 is 25.0 Å². The molecule has 0 aliphatic carbocycles. The fraction of sp³-hybridized carbons (Fsp3) is 0.291. The number of rotatable bonds is 11. The number of thiol groups is 1. The van der Waals surface area contributed by atoms with E-state index in [1.807, 2.05) is 55.0 Å². The van der Waals surface area contributed by atoms with Crippen molar-refractivity contribution >= 4 is 65.8 Å². The van der Waals surface area contributed by atoms with Gasteiger partial charge in [0.25, 0.3) is 0 Å². The molecule has 7 rings (SSSR count). The molecule has 0 atom stereocenters. The van der Waals surface area contributed by atoms with Crippen LogP contribution in [0.1, 0.15) is 102 Å². The molecule has 380 valence electrons. The predicted octanol–water partition coefficient (Wildman–Crippen LogP) is 13.8. The molecular formula is C55H69B2Br2N7O5S. The van der Waals surface area contributed by atoms with E-state index in [2.05, 4.69) is 142 Å². The van der Waals surface area contributed by atoms with Gasteiger partial charge in [-0.25, -0.2) is 4.98 Å². The number of benzene rings is 3. The molecule has 2 radical (unpaired) electrons. The Hall–Kier alpha value is -6.05. The van der Waals surface area contributed by atoms with E-state index in [1.165, 1.54) is 47.0 Å². The SMILES string of the molecule is C.CC#N.CCc1ccnc(CC)c1.CCc1ccnc(N)c1.CCc1ncc(-c2ccc(O)cc2)c(CC)c1-c1ccc(O)cc1.CCc1ncc(Br)c(CC)c1Br.O[B]Oc1ccc(O)cc1.[B]=NS. The zero-order valence-corrected chi connectivity index (χ0v) is 45.9. The monoisotopic (exact) mass is 1120 g/mol. The van der Waals surface area contributed by atoms with Crippen molar-refractivity contribution in [3.05, 3.63) is 170 Å². The van der Waals surface area contributed by atoms with Crippen molar-refractivity contribution in [1.82, 2.24) is 19.9 Å². The number of nitrogens with zero attached hydrogens (tertiary/aromatic N) is 6. The molecule has 0 saturated heterocycles. The Balaban J connectivity index is 0.000000898. The molecule has 4 heterocycles. The average molecular weight is 1120 g/mol. The van der Waals surface area contributed by atoms with Crippen LogP contribution in [-0.2, 0) is 44.9 Å². The maximum atomic E-state index is 9.58. The van der Waals surface area contributed by atoms with Crippen LogP contribution >= 0.6 is 44.7 Å². The number of aromatic hydroxyl groups is 3. The second-order valence-electron chi connectivity index (χ2n) is 14.7. The number of aromatic nitrogens is 4. The molecule has 4 aromatic heterocycles. The molecule has 0 unspecified atom stereocenters. The first-order valence-corrected chi connectivity index (χ1v) is 25.0. The maximum absolute atomic E-state index is 9.58. The third-order valence-corrected chi connectivity index (χ3v) is 11.7. The topological polar surface area (TPSA) is 204 Å². The van der Waals surface area contributed by atoms with Crippen LogP contribution < -0.4 is 10.4 Å². The van der Waals surface area contributed by atoms with Crippen LogP contribution in [0.15, 0.2) is 135 Å². The van der Waals surface area contributed by atoms with Crippen molar-refractivity contribution in [2.24, 2.45) is 4.30 Å². The molecule has 3 aromatic carbocycles. The Morgan fingerprint density at radius 1 is 0.653 bits per heavy atom. The normalized spacial score (nSPS) is 9.36. The minimum atomic E-state index is 0. The Labute approximate surface area is 452 Å². The standard InChI is InChI=1S/C21H21NO2.C9H11Br2N.C9H13N.C7H10N2.C6H6BO3.C2H3N.CH4.BHNS/c1-3-18-19(14-5-9-16(23)10-6-14)13-22-20(4-2)21(18)15-7-11-17(24)12-8-15;1-3-6-7(10)5-12-8(4-2)9(6)11;1-3-8-5-6-10-9(4-2)7-8;1-2-6-3-4-9-7(8)5-6;8-5-1-3-6(4-2-5)10-7-9;1-2-3;;1-2-3/h5-13,23-24H,3-4H2,1-2H3;5H,3-4H2,1-2H3;5-7H,3-4H2,1-2H3;3-5H,2H2,1H3,(H2,8,9);1-4,8-9H;1H3;1H4;3H. The molecule has 0 bridgehead atoms. The first-order chi connectivity index (χ1) is 34.2. The summed E-state index contributed by atoms with van der Waals surface area (Å²) in [5.41, 5.74) is 18.3. The van der Waals surface area contributed by atoms with Crippen LogP contribution in [0.25, 0.3) is 22.3 Å². The van der Waals surface area contributed by atoms with E-state index in [-0.39, 0.29) is 24.7 Å². The molecule has 7 aromatic rings. The van der Waals surface area contributed by atoms with E-state index in [0.717, 1.165) is 87.5 Å². The van der Waals surface area contributed by atoms with Gasteiger partial charge in [-0.15, -0.1) is 0 Å². The van der Waals surface area contributed by atoms with Crippen LogP contribution in [0.5, 0.6) is 23.0 Å². The number of hydrogen-bond donors (Lipinski definition) is 6. The third kappa shape index (κ3) is 23.9. The summed E-state index contributed by atoms with van der Waals surface area (Å²) < 4.78 is 9.52. The van der Waals surface area contributed by atoms with Gasteiger partial charge in [-0.05, 0) is 183 Å². The van der Waals surface area contributed by atoms with Crippen LogP contribution in [0.3, 0.4) is 0 Å². The van der Waals surface area contributed by atoms with Gasteiger partial charge in [-0.2, -0.15) is 5.26 Å². The van der Waals surface area contributed by atoms with Gasteiger partial charge >= 0.3 is 32.4 Å². The van der Waals surface area contributed by atoms with Crippen LogP contribution in [0, 0.1) is 11.3 Å². The minimum absolute atomic E-state index is 0. The third-order valence-electron chi connectivity index (χ3n) is 10.0. The average Bonchev–Trinajstić information content (AvgIpc) is 3.38. The van der Waals surface area contributed by atoms with Gasteiger partial charge in [-0.3, -0.25) is 15.0 Å². The summed E-state index contributed by atoms with van der Waals surface area (Å²) in [5.74, 6) is 1.78. The van der Waals surface area contributed by atoms with Crippen molar-refractivity contribution in [3.63, 3.8) is 0 Å². The number of halogens is 2. The Kier molecular flexibility index (Phi) is 35.4. The molecule has 0 aliphatic heterocycles. The fourth-order valence-corrected chi connectivity index (χ4v) is 8.17. The number of pyridine rings is 4.